The summed E-state index contributed by atoms with van der Waals surface area (Å²) in [5.41, 5.74) is 3.21. The molecule has 0 aromatic carbocycles. The maximum atomic E-state index is 13.3. The van der Waals surface area contributed by atoms with Gasteiger partial charge in [0, 0.05) is 31.4 Å². The number of likely N-dealkylation sites (N-methyl/N-ethyl adjacent to an activating group) is 1. The number of methoxy groups -OCH3 is 1. The minimum atomic E-state index is -0.327. The van der Waals surface area contributed by atoms with Crippen molar-refractivity contribution in [3.8, 4) is 11.9 Å². The van der Waals surface area contributed by atoms with E-state index in [1.165, 1.54) is 6.20 Å². The third-order valence-corrected chi connectivity index (χ3v) is 7.78. The number of carbonyl (C=O) groups is 2. The van der Waals surface area contributed by atoms with Gasteiger partial charge >= 0.3 is 6.03 Å². The smallest absolute Gasteiger partial charge is 0.328 e. The maximum Gasteiger partial charge on any atom is 0.328 e. The number of hydrogen-bond acceptors (Lipinski definition) is 8. The molecule has 0 saturated carbocycles. The van der Waals surface area contributed by atoms with E-state index in [0.717, 1.165) is 60.4 Å². The predicted molar refractivity (Wildman–Crippen MR) is 156 cm³/mol. The molecule has 0 unspecified atom stereocenters. The molecule has 1 fully saturated rings. The number of nitriles is 1. The highest BCUT2D eigenvalue weighted by molar-refractivity contribution is 7.99. The Balaban J connectivity index is 0.00000420. The van der Waals surface area contributed by atoms with E-state index in [9.17, 15) is 14.9 Å². The molecular weight excluding hydrogens is 538 g/mol. The first kappa shape index (κ1) is 30.5. The van der Waals surface area contributed by atoms with Crippen LogP contribution in [0.5, 0.6) is 5.88 Å². The first-order valence-electron chi connectivity index (χ1n) is 13.0. The maximum absolute atomic E-state index is 13.3. The summed E-state index contributed by atoms with van der Waals surface area (Å²) in [5, 5.41) is 12.4. The van der Waals surface area contributed by atoms with Gasteiger partial charge < -0.3 is 9.64 Å². The molecule has 0 aliphatic carbocycles. The van der Waals surface area contributed by atoms with Crippen molar-refractivity contribution in [1.82, 2.24) is 19.8 Å². The van der Waals surface area contributed by atoms with Crippen molar-refractivity contribution in [1.29, 1.82) is 5.26 Å². The fourth-order valence-electron chi connectivity index (χ4n) is 4.77. The zero-order valence-electron chi connectivity index (χ0n) is 22.7. The molecule has 2 aliphatic heterocycles. The number of rotatable bonds is 9. The van der Waals surface area contributed by atoms with Gasteiger partial charge in [-0.05, 0) is 67.5 Å². The van der Waals surface area contributed by atoms with Crippen molar-refractivity contribution in [3.05, 3.63) is 40.6 Å². The zero-order chi connectivity index (χ0) is 27.1. The van der Waals surface area contributed by atoms with Crippen LogP contribution in [-0.2, 0) is 24.2 Å². The SMILES string of the molecule is CCSCCCc1cc(NC(=O)N2CCCc3cc(CN4CCN(C)CC4=O)c(OC)nc32)ncc1C#N.Cl. The second-order valence-corrected chi connectivity index (χ2v) is 10.9. The minimum absolute atomic E-state index is 0. The molecule has 0 spiro atoms. The van der Waals surface area contributed by atoms with Crippen LogP contribution in [-0.4, -0.2) is 83.5 Å². The van der Waals surface area contributed by atoms with Crippen LogP contribution >= 0.6 is 24.2 Å². The lowest BCUT2D eigenvalue weighted by Gasteiger charge is -2.33. The van der Waals surface area contributed by atoms with Gasteiger partial charge in [0.2, 0.25) is 11.8 Å². The number of fused-ring (bicyclic) bond motifs is 1. The number of amides is 3. The number of halogens is 1. The number of urea groups is 1. The number of nitrogens with zero attached hydrogens (tertiary/aromatic N) is 6. The summed E-state index contributed by atoms with van der Waals surface area (Å²) in [6.07, 6.45) is 4.81. The summed E-state index contributed by atoms with van der Waals surface area (Å²) in [6.45, 7) is 4.95. The van der Waals surface area contributed by atoms with Gasteiger partial charge in [-0.25, -0.2) is 9.78 Å². The Bertz CT molecular complexity index is 1220. The third kappa shape index (κ3) is 7.53. The summed E-state index contributed by atoms with van der Waals surface area (Å²) in [5.74, 6) is 3.56. The van der Waals surface area contributed by atoms with Crippen molar-refractivity contribution in [3.63, 3.8) is 0 Å². The van der Waals surface area contributed by atoms with Crippen LogP contribution in [0.1, 0.15) is 42.0 Å². The zero-order valence-corrected chi connectivity index (χ0v) is 24.4. The van der Waals surface area contributed by atoms with Gasteiger partial charge in [-0.3, -0.25) is 19.9 Å². The molecule has 3 amide bonds. The van der Waals surface area contributed by atoms with Crippen LogP contribution < -0.4 is 15.0 Å². The van der Waals surface area contributed by atoms with E-state index in [-0.39, 0.29) is 24.3 Å². The van der Waals surface area contributed by atoms with E-state index in [0.29, 0.717) is 49.3 Å². The summed E-state index contributed by atoms with van der Waals surface area (Å²) in [6, 6.07) is 5.68. The molecule has 210 valence electrons. The van der Waals surface area contributed by atoms with Crippen LogP contribution in [0.15, 0.2) is 18.3 Å². The highest BCUT2D eigenvalue weighted by Crippen LogP contribution is 2.32. The first-order chi connectivity index (χ1) is 18.4. The number of aryl methyl sites for hydroxylation is 2. The van der Waals surface area contributed by atoms with Crippen LogP contribution in [0.2, 0.25) is 0 Å². The number of nitrogens with one attached hydrogen (secondary N) is 1. The van der Waals surface area contributed by atoms with Crippen molar-refractivity contribution in [2.24, 2.45) is 0 Å². The number of carbonyl (C=O) groups excluding carboxylic acids is 2. The van der Waals surface area contributed by atoms with Gasteiger partial charge in [0.1, 0.15) is 17.7 Å². The lowest BCUT2D eigenvalue weighted by atomic mass is 10.0. The second-order valence-electron chi connectivity index (χ2n) is 9.52. The predicted octanol–water partition coefficient (Wildman–Crippen LogP) is 3.72. The molecule has 10 nitrogen and oxygen atoms in total. The van der Waals surface area contributed by atoms with Gasteiger partial charge in [-0.2, -0.15) is 22.0 Å². The van der Waals surface area contributed by atoms with E-state index in [1.807, 2.05) is 34.7 Å². The Labute approximate surface area is 240 Å². The molecule has 0 radical (unpaired) electrons. The largest absolute Gasteiger partial charge is 0.481 e. The van der Waals surface area contributed by atoms with Crippen molar-refractivity contribution in [2.45, 2.75) is 39.2 Å². The Morgan fingerprint density at radius 1 is 1.26 bits per heavy atom. The van der Waals surface area contributed by atoms with Crippen molar-refractivity contribution in [2.75, 3.05) is 62.1 Å². The lowest BCUT2D eigenvalue weighted by Crippen LogP contribution is -2.48. The number of hydrogen-bond donors (Lipinski definition) is 1. The molecule has 39 heavy (non-hydrogen) atoms. The summed E-state index contributed by atoms with van der Waals surface area (Å²) >= 11 is 1.87. The van der Waals surface area contributed by atoms with Gasteiger partial charge in [-0.1, -0.05) is 6.92 Å². The Hall–Kier alpha value is -3.07. The average molecular weight is 574 g/mol. The van der Waals surface area contributed by atoms with E-state index in [2.05, 4.69) is 23.3 Å². The van der Waals surface area contributed by atoms with E-state index in [4.69, 9.17) is 9.72 Å². The standard InChI is InChI=1S/C27H35N7O3S.ClH/c1-4-38-12-6-8-19-14-23(29-16-22(19)15-28)30-27(36)34-9-5-7-20-13-21(26(37-3)31-25(20)34)17-33-11-10-32(2)18-24(33)35;/h13-14,16H,4-12,17-18H2,1-3H3,(H,29,30,36);1H. The molecule has 1 saturated heterocycles. The number of piperazine rings is 1. The second kappa shape index (κ2) is 14.4. The van der Waals surface area contributed by atoms with Gasteiger partial charge in [0.05, 0.1) is 25.8 Å². The molecule has 2 aliphatic rings. The minimum Gasteiger partial charge on any atom is -0.481 e. The molecule has 0 atom stereocenters. The third-order valence-electron chi connectivity index (χ3n) is 6.79. The van der Waals surface area contributed by atoms with E-state index in [1.54, 1.807) is 18.1 Å². The number of thioether (sulfide) groups is 1. The molecule has 0 bridgehead atoms. The molecule has 4 rings (SSSR count). The van der Waals surface area contributed by atoms with E-state index < -0.39 is 0 Å². The van der Waals surface area contributed by atoms with Crippen LogP contribution in [0.3, 0.4) is 0 Å². The number of ether oxygens (including phenoxy) is 1. The molecule has 1 N–H and O–H groups in total. The Kier molecular flexibility index (Phi) is 11.2. The van der Waals surface area contributed by atoms with Crippen molar-refractivity contribution < 1.29 is 14.3 Å². The fraction of sp³-hybridized carbons (Fsp3) is 0.519. The summed E-state index contributed by atoms with van der Waals surface area (Å²) in [4.78, 5) is 40.3. The van der Waals surface area contributed by atoms with Crippen LogP contribution in [0.4, 0.5) is 16.4 Å². The topological polar surface area (TPSA) is 115 Å². The van der Waals surface area contributed by atoms with Gasteiger partial charge in [0.25, 0.3) is 0 Å². The monoisotopic (exact) mass is 573 g/mol. The average Bonchev–Trinajstić information content (AvgIpc) is 2.92. The van der Waals surface area contributed by atoms with E-state index >= 15 is 0 Å². The molecule has 12 heteroatoms. The Morgan fingerprint density at radius 3 is 2.79 bits per heavy atom. The van der Waals surface area contributed by atoms with Crippen LogP contribution in [0.25, 0.3) is 0 Å². The lowest BCUT2D eigenvalue weighted by molar-refractivity contribution is -0.136. The van der Waals surface area contributed by atoms with Crippen LogP contribution in [0, 0.1) is 11.3 Å². The Morgan fingerprint density at radius 2 is 2.08 bits per heavy atom. The highest BCUT2D eigenvalue weighted by atomic mass is 35.5. The highest BCUT2D eigenvalue weighted by Gasteiger charge is 2.28. The fourth-order valence-corrected chi connectivity index (χ4v) is 5.41. The molecule has 2 aromatic rings. The normalized spacial score (nSPS) is 15.3. The van der Waals surface area contributed by atoms with Crippen molar-refractivity contribution >= 4 is 47.7 Å². The molecule has 4 heterocycles. The number of pyridine rings is 2. The number of aromatic nitrogens is 2. The van der Waals surface area contributed by atoms with Gasteiger partial charge in [-0.15, -0.1) is 12.4 Å². The summed E-state index contributed by atoms with van der Waals surface area (Å²) in [7, 11) is 3.50. The first-order valence-corrected chi connectivity index (χ1v) is 14.2. The molecular formula is C27H36ClN7O3S. The molecule has 2 aromatic heterocycles. The summed E-state index contributed by atoms with van der Waals surface area (Å²) < 4.78 is 5.59. The quantitative estimate of drug-likeness (QED) is 0.451. The van der Waals surface area contributed by atoms with Gasteiger partial charge in [0.15, 0.2) is 0 Å². The number of anilines is 2.